The summed E-state index contributed by atoms with van der Waals surface area (Å²) in [5.74, 6) is 0. The second-order valence-electron chi connectivity index (χ2n) is 14.7. The van der Waals surface area contributed by atoms with E-state index in [-0.39, 0.29) is 0 Å². The molecule has 0 saturated heterocycles. The van der Waals surface area contributed by atoms with Gasteiger partial charge in [0.15, 0.2) is 0 Å². The summed E-state index contributed by atoms with van der Waals surface area (Å²) < 4.78 is 0. The Hall–Kier alpha value is -4.81. The van der Waals surface area contributed by atoms with Gasteiger partial charge in [0.25, 0.3) is 0 Å². The molecule has 0 heterocycles. The van der Waals surface area contributed by atoms with Crippen molar-refractivity contribution in [2.75, 3.05) is 0 Å². The molecule has 54 heavy (non-hydrogen) atoms. The lowest BCUT2D eigenvalue weighted by Crippen LogP contribution is -2.47. The van der Waals surface area contributed by atoms with E-state index < -0.39 is 26.4 Å². The summed E-state index contributed by atoms with van der Waals surface area (Å²) in [5, 5.41) is 9.23. The van der Waals surface area contributed by atoms with Crippen LogP contribution >= 0.6 is 0 Å². The Morgan fingerprint density at radius 1 is 0.241 bits per heavy atom. The summed E-state index contributed by atoms with van der Waals surface area (Å²) in [5.41, 5.74) is 9.98. The fourth-order valence-corrected chi connectivity index (χ4v) is 18.5. The van der Waals surface area contributed by atoms with E-state index in [0.29, 0.717) is 0 Å². The van der Waals surface area contributed by atoms with Crippen LogP contribution in [0, 0.1) is 0 Å². The molecule has 0 aliphatic heterocycles. The Balaban J connectivity index is 1.49. The summed E-state index contributed by atoms with van der Waals surface area (Å²) in [6.07, 6.45) is 3.20. The van der Waals surface area contributed by atoms with Gasteiger partial charge >= 0.3 is 0 Å². The molecule has 7 aromatic carbocycles. The molecule has 0 bridgehead atoms. The fraction of sp³-hybridized carbons (Fsp3) is 0.176. The maximum absolute atomic E-state index is 2.44. The second-order valence-corrected chi connectivity index (χ2v) is 23.2. The van der Waals surface area contributed by atoms with Gasteiger partial charge in [-0.1, -0.05) is 234 Å². The van der Waals surface area contributed by atoms with Crippen LogP contribution in [0.5, 0.6) is 0 Å². The highest BCUT2D eigenvalue weighted by Gasteiger charge is 2.30. The molecule has 0 spiro atoms. The normalized spacial score (nSPS) is 11.4. The zero-order valence-electron chi connectivity index (χ0n) is 32.3. The maximum Gasteiger partial charge on any atom is 0.107 e. The zero-order chi connectivity index (χ0) is 37.1. The van der Waals surface area contributed by atoms with Gasteiger partial charge < -0.3 is 0 Å². The quantitative estimate of drug-likeness (QED) is 0.102. The minimum atomic E-state index is -1.61. The zero-order valence-corrected chi connectivity index (χ0v) is 35.8. The first-order valence-corrected chi connectivity index (χ1v) is 26.1. The molecule has 7 rings (SSSR count). The van der Waals surface area contributed by atoms with Gasteiger partial charge in [-0.3, -0.25) is 0 Å². The summed E-state index contributed by atoms with van der Waals surface area (Å²) in [6, 6.07) is 72.4. The van der Waals surface area contributed by atoms with Crippen molar-refractivity contribution >= 4 is 57.5 Å². The van der Waals surface area contributed by atoms with Crippen LogP contribution in [-0.2, 0) is 37.4 Å². The van der Waals surface area contributed by atoms with E-state index in [1.165, 1.54) is 31.1 Å². The molecule has 0 amide bonds. The average molecular weight is 751 g/mol. The predicted molar refractivity (Wildman–Crippen MR) is 244 cm³/mol. The Bertz CT molecular complexity index is 1790. The van der Waals surface area contributed by atoms with Gasteiger partial charge in [-0.15, -0.1) is 0 Å². The van der Waals surface area contributed by atoms with E-state index in [4.69, 9.17) is 0 Å². The molecule has 0 fully saturated rings. The van der Waals surface area contributed by atoms with E-state index in [1.54, 1.807) is 33.4 Å². The molecule has 7 aromatic rings. The minimum Gasteiger partial charge on any atom is -0.0629 e. The van der Waals surface area contributed by atoms with Gasteiger partial charge in [-0.2, -0.15) is 0 Å². The first kappa shape index (κ1) is 37.5. The van der Waals surface area contributed by atoms with E-state index in [9.17, 15) is 0 Å². The molecule has 0 aromatic heterocycles. The Kier molecular flexibility index (Phi) is 12.8. The predicted octanol–water partition coefficient (Wildman–Crippen LogP) is 6.74. The van der Waals surface area contributed by atoms with Crippen molar-refractivity contribution in [2.24, 2.45) is 0 Å². The van der Waals surface area contributed by atoms with Gasteiger partial charge in [0, 0.05) is 0 Å². The van der Waals surface area contributed by atoms with Gasteiger partial charge in [0.05, 0.1) is 0 Å². The molecule has 0 aliphatic carbocycles. The lowest BCUT2D eigenvalue weighted by Gasteiger charge is -2.31. The van der Waals surface area contributed by atoms with Gasteiger partial charge in [0.1, 0.15) is 26.4 Å². The molecule has 270 valence electrons. The van der Waals surface area contributed by atoms with Crippen LogP contribution in [0.25, 0.3) is 0 Å². The number of rotatable bonds is 15. The summed E-state index contributed by atoms with van der Waals surface area (Å²) >= 11 is 0. The summed E-state index contributed by atoms with van der Waals surface area (Å²) in [7, 11) is -4.84. The van der Waals surface area contributed by atoms with Crippen molar-refractivity contribution in [1.29, 1.82) is 0 Å². The molecule has 0 atom stereocenters. The van der Waals surface area contributed by atoms with E-state index in [0.717, 1.165) is 37.4 Å². The molecule has 0 N–H and O–H groups in total. The molecule has 0 unspecified atom stereocenters. The summed E-state index contributed by atoms with van der Waals surface area (Å²) in [6.45, 7) is 7.32. The van der Waals surface area contributed by atoms with Crippen molar-refractivity contribution < 1.29 is 0 Å². The summed E-state index contributed by atoms with van der Waals surface area (Å²) in [4.78, 5) is 0. The second kappa shape index (κ2) is 18.5. The van der Waals surface area contributed by atoms with Crippen molar-refractivity contribution in [2.45, 2.75) is 58.2 Å². The van der Waals surface area contributed by atoms with E-state index in [1.807, 2.05) is 0 Å². The van der Waals surface area contributed by atoms with Crippen molar-refractivity contribution in [3.63, 3.8) is 0 Å². The third kappa shape index (κ3) is 8.44. The first-order valence-electron chi connectivity index (χ1n) is 20.2. The smallest absolute Gasteiger partial charge is 0.0629 e. The largest absolute Gasteiger partial charge is 0.107 e. The van der Waals surface area contributed by atoms with Crippen LogP contribution in [0.1, 0.15) is 54.2 Å². The molecule has 0 saturated carbocycles. The molecule has 3 heteroatoms. The highest BCUT2D eigenvalue weighted by atomic mass is 28.3. The number of hydrogen-bond acceptors (Lipinski definition) is 0. The average Bonchev–Trinajstić information content (AvgIpc) is 3.25. The van der Waals surface area contributed by atoms with Crippen LogP contribution in [0.3, 0.4) is 0 Å². The number of benzene rings is 7. The third-order valence-corrected chi connectivity index (χ3v) is 21.3. The number of hydrogen-bond donors (Lipinski definition) is 0. The van der Waals surface area contributed by atoms with Crippen molar-refractivity contribution in [1.82, 2.24) is 0 Å². The topological polar surface area (TPSA) is 0 Å². The highest BCUT2D eigenvalue weighted by Crippen LogP contribution is 2.33. The standard InChI is InChI=1S/C51H54Si3/c1-4-46-49(37-52(40-25-13-7-14-26-40)41-27-15-8-16-28-41)47(5-2)51(39-54(44-33-21-11-22-34-44)45-35-23-12-24-36-45)48(6-3)50(46)38-53(42-29-17-9-18-30-42)43-31-19-10-20-32-43/h7-36,52-54H,4-6,37-39H2,1-3H3. The SMILES string of the molecule is CCc1c(C[SiH](c2ccccc2)c2ccccc2)c(CC)c(C[SiH](c2ccccc2)c2ccccc2)c(CC)c1C[SiH](c1ccccc1)c1ccccc1. The van der Waals surface area contributed by atoms with Crippen LogP contribution in [0.2, 0.25) is 0 Å². The van der Waals surface area contributed by atoms with Gasteiger partial charge in [-0.25, -0.2) is 0 Å². The van der Waals surface area contributed by atoms with Crippen molar-refractivity contribution in [3.05, 3.63) is 215 Å². The third-order valence-electron chi connectivity index (χ3n) is 11.7. The molecule has 0 aliphatic rings. The Labute approximate surface area is 329 Å². The van der Waals surface area contributed by atoms with E-state index in [2.05, 4.69) is 203 Å². The van der Waals surface area contributed by atoms with Crippen molar-refractivity contribution in [3.8, 4) is 0 Å². The first-order chi connectivity index (χ1) is 26.7. The van der Waals surface area contributed by atoms with Gasteiger partial charge in [0.2, 0.25) is 0 Å². The van der Waals surface area contributed by atoms with E-state index >= 15 is 0 Å². The Morgan fingerprint density at radius 3 is 0.556 bits per heavy atom. The van der Waals surface area contributed by atoms with Crippen LogP contribution in [0.15, 0.2) is 182 Å². The van der Waals surface area contributed by atoms with Crippen LogP contribution in [0.4, 0.5) is 0 Å². The Morgan fingerprint density at radius 2 is 0.407 bits per heavy atom. The molecule has 0 nitrogen and oxygen atoms in total. The lowest BCUT2D eigenvalue weighted by atomic mass is 9.85. The van der Waals surface area contributed by atoms with Crippen LogP contribution < -0.4 is 31.1 Å². The highest BCUT2D eigenvalue weighted by molar-refractivity contribution is 6.86. The molecular formula is C51H54Si3. The maximum atomic E-state index is 2.44. The monoisotopic (exact) mass is 750 g/mol. The lowest BCUT2D eigenvalue weighted by molar-refractivity contribution is 0.938. The molecule has 0 radical (unpaired) electrons. The fourth-order valence-electron chi connectivity index (χ4n) is 9.12. The van der Waals surface area contributed by atoms with Gasteiger partial charge in [-0.05, 0) is 70.8 Å². The minimum absolute atomic E-state index is 1.07. The molecular weight excluding hydrogens is 697 g/mol. The van der Waals surface area contributed by atoms with Crippen LogP contribution in [-0.4, -0.2) is 26.4 Å².